The lowest BCUT2D eigenvalue weighted by Crippen LogP contribution is -2.36. The van der Waals surface area contributed by atoms with Crippen LogP contribution in [0.1, 0.15) is 56.8 Å². The monoisotopic (exact) mass is 244 g/mol. The van der Waals surface area contributed by atoms with E-state index in [1.54, 1.807) is 0 Å². The Morgan fingerprint density at radius 1 is 1.11 bits per heavy atom. The average Bonchev–Trinajstić information content (AvgIpc) is 2.77. The second-order valence-electron chi connectivity index (χ2n) is 6.93. The molecule has 2 saturated carbocycles. The Morgan fingerprint density at radius 3 is 2.11 bits per heavy atom. The Morgan fingerprint density at radius 2 is 1.67 bits per heavy atom. The first-order valence-corrected chi connectivity index (χ1v) is 7.22. The molecule has 0 spiro atoms. The van der Waals surface area contributed by atoms with Crippen molar-refractivity contribution in [2.45, 2.75) is 52.6 Å². The van der Waals surface area contributed by atoms with Crippen LogP contribution in [0.15, 0.2) is 24.3 Å². The van der Waals surface area contributed by atoms with E-state index >= 15 is 0 Å². The number of hydrogen-bond acceptors (Lipinski definition) is 1. The Balaban J connectivity index is 1.97. The summed E-state index contributed by atoms with van der Waals surface area (Å²) in [5.41, 5.74) is 2.77. The highest BCUT2D eigenvalue weighted by atomic mass is 16.3. The third-order valence-corrected chi connectivity index (χ3v) is 6.20. The molecule has 1 aromatic rings. The Kier molecular flexibility index (Phi) is 2.60. The summed E-state index contributed by atoms with van der Waals surface area (Å²) in [5, 5.41) is 10.9. The first-order valence-electron chi connectivity index (χ1n) is 7.22. The van der Waals surface area contributed by atoms with E-state index in [0.29, 0.717) is 11.3 Å². The van der Waals surface area contributed by atoms with Gasteiger partial charge in [-0.1, -0.05) is 43.7 Å². The molecule has 0 aromatic heterocycles. The molecule has 0 heterocycles. The summed E-state index contributed by atoms with van der Waals surface area (Å²) in [6, 6.07) is 8.43. The molecule has 2 unspecified atom stereocenters. The molecule has 2 bridgehead atoms. The molecule has 1 aromatic carbocycles. The van der Waals surface area contributed by atoms with Gasteiger partial charge in [0.1, 0.15) is 0 Å². The normalized spacial score (nSPS) is 40.1. The van der Waals surface area contributed by atoms with Gasteiger partial charge in [-0.15, -0.1) is 0 Å². The number of benzene rings is 1. The standard InChI is InChI=1S/C17H24O/c1-12-4-6-13(7-5-12)15(18)17(3)14-8-10-16(17,2)11-9-14/h4-7,14-15,18H,8-11H2,1-3H3. The van der Waals surface area contributed by atoms with E-state index in [-0.39, 0.29) is 11.5 Å². The molecule has 18 heavy (non-hydrogen) atoms. The van der Waals surface area contributed by atoms with E-state index in [0.717, 1.165) is 5.56 Å². The van der Waals surface area contributed by atoms with Crippen LogP contribution >= 0.6 is 0 Å². The van der Waals surface area contributed by atoms with Gasteiger partial charge in [0.25, 0.3) is 0 Å². The summed E-state index contributed by atoms with van der Waals surface area (Å²) in [6.07, 6.45) is 4.87. The predicted octanol–water partition coefficient (Wildman–Crippen LogP) is 4.24. The zero-order valence-corrected chi connectivity index (χ0v) is 11.7. The molecular formula is C17H24O. The van der Waals surface area contributed by atoms with Crippen molar-refractivity contribution in [2.24, 2.45) is 16.7 Å². The topological polar surface area (TPSA) is 20.2 Å². The van der Waals surface area contributed by atoms with Crippen LogP contribution in [0.4, 0.5) is 0 Å². The third kappa shape index (κ3) is 1.43. The fourth-order valence-electron chi connectivity index (χ4n) is 4.53. The van der Waals surface area contributed by atoms with Crippen LogP contribution in [0, 0.1) is 23.7 Å². The van der Waals surface area contributed by atoms with Gasteiger partial charge >= 0.3 is 0 Å². The van der Waals surface area contributed by atoms with Gasteiger partial charge in [0.15, 0.2) is 0 Å². The predicted molar refractivity (Wildman–Crippen MR) is 74.3 cm³/mol. The van der Waals surface area contributed by atoms with E-state index in [1.165, 1.54) is 31.2 Å². The van der Waals surface area contributed by atoms with Crippen molar-refractivity contribution in [2.75, 3.05) is 0 Å². The van der Waals surface area contributed by atoms with Crippen LogP contribution in [-0.4, -0.2) is 5.11 Å². The summed E-state index contributed by atoms with van der Waals surface area (Å²) >= 11 is 0. The minimum absolute atomic E-state index is 0.0717. The highest BCUT2D eigenvalue weighted by Gasteiger charge is 2.61. The quantitative estimate of drug-likeness (QED) is 0.824. The Bertz CT molecular complexity index is 439. The molecule has 3 rings (SSSR count). The molecule has 98 valence electrons. The molecule has 0 saturated heterocycles. The van der Waals surface area contributed by atoms with Gasteiger partial charge in [0, 0.05) is 5.41 Å². The molecule has 0 aliphatic heterocycles. The van der Waals surface area contributed by atoms with Crippen molar-refractivity contribution in [1.29, 1.82) is 0 Å². The molecule has 1 heteroatoms. The second-order valence-corrected chi connectivity index (χ2v) is 6.93. The minimum atomic E-state index is -0.307. The number of aliphatic hydroxyl groups excluding tert-OH is 1. The van der Waals surface area contributed by atoms with Gasteiger partial charge in [-0.3, -0.25) is 0 Å². The van der Waals surface area contributed by atoms with E-state index in [2.05, 4.69) is 45.0 Å². The van der Waals surface area contributed by atoms with Gasteiger partial charge < -0.3 is 5.11 Å². The zero-order chi connectivity index (χ0) is 13.0. The van der Waals surface area contributed by atoms with Crippen molar-refractivity contribution < 1.29 is 5.11 Å². The number of rotatable bonds is 2. The maximum Gasteiger partial charge on any atom is 0.0851 e. The van der Waals surface area contributed by atoms with E-state index < -0.39 is 0 Å². The minimum Gasteiger partial charge on any atom is -0.388 e. The maximum absolute atomic E-state index is 10.9. The zero-order valence-electron chi connectivity index (χ0n) is 11.7. The fraction of sp³-hybridized carbons (Fsp3) is 0.647. The van der Waals surface area contributed by atoms with Crippen LogP contribution in [0.5, 0.6) is 0 Å². The smallest absolute Gasteiger partial charge is 0.0851 e. The summed E-state index contributed by atoms with van der Waals surface area (Å²) in [6.45, 7) is 6.80. The van der Waals surface area contributed by atoms with Gasteiger partial charge in [0.2, 0.25) is 0 Å². The molecule has 2 aliphatic carbocycles. The SMILES string of the molecule is Cc1ccc(C(O)C2(C)C3CCC2(C)CC3)cc1. The Labute approximate surface area is 110 Å². The molecule has 2 atom stereocenters. The van der Waals surface area contributed by atoms with E-state index in [9.17, 15) is 5.11 Å². The van der Waals surface area contributed by atoms with Crippen LogP contribution in [0.25, 0.3) is 0 Å². The van der Waals surface area contributed by atoms with Crippen LogP contribution < -0.4 is 0 Å². The molecule has 1 nitrogen and oxygen atoms in total. The largest absolute Gasteiger partial charge is 0.388 e. The van der Waals surface area contributed by atoms with Crippen molar-refractivity contribution in [1.82, 2.24) is 0 Å². The lowest BCUT2D eigenvalue weighted by atomic mass is 9.64. The maximum atomic E-state index is 10.9. The molecule has 1 N–H and O–H groups in total. The fourth-order valence-corrected chi connectivity index (χ4v) is 4.53. The third-order valence-electron chi connectivity index (χ3n) is 6.20. The lowest BCUT2D eigenvalue weighted by molar-refractivity contribution is -0.0362. The van der Waals surface area contributed by atoms with Crippen LogP contribution in [0.2, 0.25) is 0 Å². The van der Waals surface area contributed by atoms with E-state index in [1.807, 2.05) is 0 Å². The lowest BCUT2D eigenvalue weighted by Gasteiger charge is -2.42. The first-order chi connectivity index (χ1) is 8.47. The highest BCUT2D eigenvalue weighted by molar-refractivity contribution is 5.27. The first kappa shape index (κ1) is 12.2. The number of fused-ring (bicyclic) bond motifs is 2. The molecular weight excluding hydrogens is 220 g/mol. The number of aliphatic hydroxyl groups is 1. The van der Waals surface area contributed by atoms with Crippen molar-refractivity contribution >= 4 is 0 Å². The van der Waals surface area contributed by atoms with Gasteiger partial charge in [-0.25, -0.2) is 0 Å². The molecule has 2 fully saturated rings. The summed E-state index contributed by atoms with van der Waals surface area (Å²) in [5.74, 6) is 0.707. The molecule has 0 amide bonds. The van der Waals surface area contributed by atoms with Crippen molar-refractivity contribution in [3.63, 3.8) is 0 Å². The molecule has 2 aliphatic rings. The highest BCUT2D eigenvalue weighted by Crippen LogP contribution is 2.69. The summed E-state index contributed by atoms with van der Waals surface area (Å²) in [4.78, 5) is 0. The number of hydrogen-bond donors (Lipinski definition) is 1. The van der Waals surface area contributed by atoms with Crippen molar-refractivity contribution in [3.05, 3.63) is 35.4 Å². The molecule has 0 radical (unpaired) electrons. The van der Waals surface area contributed by atoms with Gasteiger partial charge in [0.05, 0.1) is 6.10 Å². The van der Waals surface area contributed by atoms with Crippen LogP contribution in [0.3, 0.4) is 0 Å². The van der Waals surface area contributed by atoms with Gasteiger partial charge in [-0.05, 0) is 49.5 Å². The second kappa shape index (κ2) is 3.84. The summed E-state index contributed by atoms with van der Waals surface area (Å²) < 4.78 is 0. The van der Waals surface area contributed by atoms with Gasteiger partial charge in [-0.2, -0.15) is 0 Å². The average molecular weight is 244 g/mol. The van der Waals surface area contributed by atoms with Crippen molar-refractivity contribution in [3.8, 4) is 0 Å². The summed E-state index contributed by atoms with van der Waals surface area (Å²) in [7, 11) is 0. The Hall–Kier alpha value is -0.820. The number of aryl methyl sites for hydroxylation is 1. The van der Waals surface area contributed by atoms with E-state index in [4.69, 9.17) is 0 Å². The van der Waals surface area contributed by atoms with Crippen LogP contribution in [-0.2, 0) is 0 Å².